The number of pyridine rings is 1. The standard InChI is InChI=1S/C20H18BrN3O/c1-14-11-17(7-8-18(14)21)24-20(25)19-12-16(9-10-22-19)23-13-15-5-3-2-4-6-15/h2-12H,13H2,1H3,(H,22,23)(H,24,25). The van der Waals surface area contributed by atoms with Crippen molar-refractivity contribution < 1.29 is 4.79 Å². The third-order valence-corrected chi connectivity index (χ3v) is 4.64. The normalized spacial score (nSPS) is 10.3. The van der Waals surface area contributed by atoms with E-state index in [1.807, 2.05) is 49.4 Å². The number of nitrogens with one attached hydrogen (secondary N) is 2. The fourth-order valence-corrected chi connectivity index (χ4v) is 2.63. The molecule has 0 bridgehead atoms. The molecule has 0 fully saturated rings. The molecule has 4 nitrogen and oxygen atoms in total. The topological polar surface area (TPSA) is 54.0 Å². The van der Waals surface area contributed by atoms with Crippen LogP contribution in [0.4, 0.5) is 11.4 Å². The molecule has 0 spiro atoms. The van der Waals surface area contributed by atoms with E-state index in [-0.39, 0.29) is 5.91 Å². The lowest BCUT2D eigenvalue weighted by atomic mass is 10.2. The summed E-state index contributed by atoms with van der Waals surface area (Å²) in [6.07, 6.45) is 1.63. The third kappa shape index (κ3) is 4.67. The van der Waals surface area contributed by atoms with Crippen LogP contribution in [0.25, 0.3) is 0 Å². The van der Waals surface area contributed by atoms with Crippen LogP contribution in [0, 0.1) is 6.92 Å². The van der Waals surface area contributed by atoms with Gasteiger partial charge in [0, 0.05) is 28.6 Å². The lowest BCUT2D eigenvalue weighted by Crippen LogP contribution is -2.14. The van der Waals surface area contributed by atoms with Crippen molar-refractivity contribution in [2.45, 2.75) is 13.5 Å². The number of amides is 1. The van der Waals surface area contributed by atoms with Gasteiger partial charge in [0.05, 0.1) is 0 Å². The molecule has 0 unspecified atom stereocenters. The molecule has 0 aliphatic carbocycles. The number of aryl methyl sites for hydroxylation is 1. The quantitative estimate of drug-likeness (QED) is 0.637. The van der Waals surface area contributed by atoms with Crippen LogP contribution in [0.2, 0.25) is 0 Å². The Kier molecular flexibility index (Phi) is 5.46. The summed E-state index contributed by atoms with van der Waals surface area (Å²) in [7, 11) is 0. The Morgan fingerprint density at radius 2 is 1.84 bits per heavy atom. The molecule has 0 radical (unpaired) electrons. The maximum atomic E-state index is 12.4. The van der Waals surface area contributed by atoms with E-state index in [4.69, 9.17) is 0 Å². The first-order valence-corrected chi connectivity index (χ1v) is 8.72. The molecule has 5 heteroatoms. The Bertz CT molecular complexity index is 881. The number of rotatable bonds is 5. The molecule has 1 aromatic heterocycles. The van der Waals surface area contributed by atoms with Crippen molar-refractivity contribution in [3.63, 3.8) is 0 Å². The van der Waals surface area contributed by atoms with Crippen LogP contribution in [0.1, 0.15) is 21.6 Å². The first-order valence-electron chi connectivity index (χ1n) is 7.93. The molecule has 0 aliphatic heterocycles. The maximum Gasteiger partial charge on any atom is 0.274 e. The molecule has 3 aromatic rings. The summed E-state index contributed by atoms with van der Waals surface area (Å²) in [6, 6.07) is 19.4. The van der Waals surface area contributed by atoms with Gasteiger partial charge in [-0.25, -0.2) is 0 Å². The van der Waals surface area contributed by atoms with Crippen molar-refractivity contribution in [3.8, 4) is 0 Å². The second-order valence-corrected chi connectivity index (χ2v) is 6.54. The Hall–Kier alpha value is -2.66. The molecule has 25 heavy (non-hydrogen) atoms. The van der Waals surface area contributed by atoms with E-state index >= 15 is 0 Å². The van der Waals surface area contributed by atoms with Gasteiger partial charge in [0.2, 0.25) is 0 Å². The van der Waals surface area contributed by atoms with Gasteiger partial charge in [0.25, 0.3) is 5.91 Å². The van der Waals surface area contributed by atoms with Gasteiger partial charge in [0.15, 0.2) is 0 Å². The molecular formula is C20H18BrN3O. The van der Waals surface area contributed by atoms with Gasteiger partial charge in [-0.1, -0.05) is 46.3 Å². The first-order chi connectivity index (χ1) is 12.1. The van der Waals surface area contributed by atoms with Gasteiger partial charge in [-0.15, -0.1) is 0 Å². The van der Waals surface area contributed by atoms with E-state index in [9.17, 15) is 4.79 Å². The summed E-state index contributed by atoms with van der Waals surface area (Å²) in [5, 5.41) is 6.19. The van der Waals surface area contributed by atoms with E-state index in [0.717, 1.165) is 21.4 Å². The molecule has 0 atom stereocenters. The fourth-order valence-electron chi connectivity index (χ4n) is 2.38. The van der Waals surface area contributed by atoms with Gasteiger partial charge in [-0.2, -0.15) is 0 Å². The van der Waals surface area contributed by atoms with Crippen molar-refractivity contribution in [3.05, 3.63) is 88.2 Å². The number of carbonyl (C=O) groups excluding carboxylic acids is 1. The minimum Gasteiger partial charge on any atom is -0.381 e. The van der Waals surface area contributed by atoms with Crippen molar-refractivity contribution in [1.29, 1.82) is 0 Å². The van der Waals surface area contributed by atoms with Crippen molar-refractivity contribution in [2.24, 2.45) is 0 Å². The predicted molar refractivity (Wildman–Crippen MR) is 105 cm³/mol. The molecule has 0 aliphatic rings. The highest BCUT2D eigenvalue weighted by atomic mass is 79.9. The van der Waals surface area contributed by atoms with E-state index in [2.05, 4.69) is 43.7 Å². The van der Waals surface area contributed by atoms with Crippen LogP contribution in [-0.4, -0.2) is 10.9 Å². The number of anilines is 2. The SMILES string of the molecule is Cc1cc(NC(=O)c2cc(NCc3ccccc3)ccn2)ccc1Br. The zero-order valence-electron chi connectivity index (χ0n) is 13.8. The molecule has 1 amide bonds. The minimum atomic E-state index is -0.231. The van der Waals surface area contributed by atoms with E-state index in [0.29, 0.717) is 12.2 Å². The van der Waals surface area contributed by atoms with Gasteiger partial charge >= 0.3 is 0 Å². The Labute approximate surface area is 155 Å². The number of hydrogen-bond donors (Lipinski definition) is 2. The maximum absolute atomic E-state index is 12.4. The average molecular weight is 396 g/mol. The smallest absolute Gasteiger partial charge is 0.274 e. The number of benzene rings is 2. The van der Waals surface area contributed by atoms with Gasteiger partial charge in [-0.05, 0) is 48.4 Å². The summed E-state index contributed by atoms with van der Waals surface area (Å²) in [5.74, 6) is -0.231. The summed E-state index contributed by atoms with van der Waals surface area (Å²) in [4.78, 5) is 16.6. The number of hydrogen-bond acceptors (Lipinski definition) is 3. The molecule has 2 aromatic carbocycles. The summed E-state index contributed by atoms with van der Waals surface area (Å²) < 4.78 is 1.01. The Morgan fingerprint density at radius 1 is 1.04 bits per heavy atom. The van der Waals surface area contributed by atoms with Crippen molar-refractivity contribution >= 4 is 33.2 Å². The lowest BCUT2D eigenvalue weighted by molar-refractivity contribution is 0.102. The number of nitrogens with zero attached hydrogens (tertiary/aromatic N) is 1. The molecule has 126 valence electrons. The van der Waals surface area contributed by atoms with Crippen molar-refractivity contribution in [2.75, 3.05) is 10.6 Å². The average Bonchev–Trinajstić information content (AvgIpc) is 2.64. The van der Waals surface area contributed by atoms with Crippen LogP contribution < -0.4 is 10.6 Å². The van der Waals surface area contributed by atoms with Gasteiger partial charge < -0.3 is 10.6 Å². The van der Waals surface area contributed by atoms with Crippen LogP contribution in [0.15, 0.2) is 71.3 Å². The predicted octanol–water partition coefficient (Wildman–Crippen LogP) is 5.02. The van der Waals surface area contributed by atoms with Crippen LogP contribution >= 0.6 is 15.9 Å². The number of halogens is 1. The molecule has 1 heterocycles. The Morgan fingerprint density at radius 3 is 2.60 bits per heavy atom. The van der Waals surface area contributed by atoms with Crippen molar-refractivity contribution in [1.82, 2.24) is 4.98 Å². The summed E-state index contributed by atoms with van der Waals surface area (Å²) >= 11 is 3.45. The lowest BCUT2D eigenvalue weighted by Gasteiger charge is -2.09. The first kappa shape index (κ1) is 17.2. The largest absolute Gasteiger partial charge is 0.381 e. The highest BCUT2D eigenvalue weighted by molar-refractivity contribution is 9.10. The Balaban J connectivity index is 1.67. The molecule has 2 N–H and O–H groups in total. The van der Waals surface area contributed by atoms with Gasteiger partial charge in [0.1, 0.15) is 5.69 Å². The highest BCUT2D eigenvalue weighted by Crippen LogP contribution is 2.20. The fraction of sp³-hybridized carbons (Fsp3) is 0.100. The number of carbonyl (C=O) groups is 1. The van der Waals surface area contributed by atoms with Crippen LogP contribution in [-0.2, 0) is 6.54 Å². The van der Waals surface area contributed by atoms with E-state index < -0.39 is 0 Å². The zero-order valence-corrected chi connectivity index (χ0v) is 15.4. The molecule has 3 rings (SSSR count). The summed E-state index contributed by atoms with van der Waals surface area (Å²) in [5.41, 5.74) is 4.21. The molecule has 0 saturated heterocycles. The second kappa shape index (κ2) is 7.94. The molecular weight excluding hydrogens is 378 g/mol. The van der Waals surface area contributed by atoms with Crippen LogP contribution in [0.3, 0.4) is 0 Å². The van der Waals surface area contributed by atoms with E-state index in [1.165, 1.54) is 5.56 Å². The van der Waals surface area contributed by atoms with E-state index in [1.54, 1.807) is 12.3 Å². The number of aromatic nitrogens is 1. The summed E-state index contributed by atoms with van der Waals surface area (Å²) in [6.45, 7) is 2.67. The third-order valence-electron chi connectivity index (χ3n) is 3.75. The van der Waals surface area contributed by atoms with Crippen LogP contribution in [0.5, 0.6) is 0 Å². The minimum absolute atomic E-state index is 0.231. The highest BCUT2D eigenvalue weighted by Gasteiger charge is 2.09. The zero-order chi connectivity index (χ0) is 17.6. The molecule has 0 saturated carbocycles. The monoisotopic (exact) mass is 395 g/mol. The van der Waals surface area contributed by atoms with Gasteiger partial charge in [-0.3, -0.25) is 9.78 Å². The second-order valence-electron chi connectivity index (χ2n) is 5.69.